The third-order valence-corrected chi connectivity index (χ3v) is 4.82. The van der Waals surface area contributed by atoms with Crippen molar-refractivity contribution < 1.29 is 0 Å². The summed E-state index contributed by atoms with van der Waals surface area (Å²) in [5.74, 6) is 0. The first-order valence-electron chi connectivity index (χ1n) is 7.77. The van der Waals surface area contributed by atoms with Crippen molar-refractivity contribution in [1.29, 1.82) is 0 Å². The highest BCUT2D eigenvalue weighted by Crippen LogP contribution is 2.40. The Morgan fingerprint density at radius 3 is 1.92 bits per heavy atom. The van der Waals surface area contributed by atoms with Gasteiger partial charge in [0.15, 0.2) is 0 Å². The van der Waals surface area contributed by atoms with Gasteiger partial charge in [0.2, 0.25) is 0 Å². The first kappa shape index (κ1) is 12.1. The van der Waals surface area contributed by atoms with Crippen molar-refractivity contribution in [2.24, 2.45) is 0 Å². The third kappa shape index (κ3) is 1.26. The molecule has 0 saturated carbocycles. The predicted molar refractivity (Wildman–Crippen MR) is 96.0 cm³/mol. The van der Waals surface area contributed by atoms with Crippen LogP contribution >= 0.6 is 0 Å². The molecule has 0 aliphatic rings. The maximum absolute atomic E-state index is 12.5. The summed E-state index contributed by atoms with van der Waals surface area (Å²) in [6.45, 7) is 0. The molecule has 0 saturated heterocycles. The van der Waals surface area contributed by atoms with Gasteiger partial charge in [-0.3, -0.25) is 4.79 Å². The third-order valence-electron chi connectivity index (χ3n) is 4.82. The highest BCUT2D eigenvalue weighted by atomic mass is 16.1. The minimum absolute atomic E-state index is 0.194. The number of hydrogen-bond donors (Lipinski definition) is 0. The van der Waals surface area contributed by atoms with Crippen molar-refractivity contribution in [3.63, 3.8) is 0 Å². The van der Waals surface area contributed by atoms with E-state index in [-0.39, 0.29) is 5.56 Å². The first-order chi connectivity index (χ1) is 11.8. The lowest BCUT2D eigenvalue weighted by molar-refractivity contribution is 1.34. The molecule has 6 aromatic rings. The molecule has 24 heavy (non-hydrogen) atoms. The molecule has 110 valence electrons. The van der Waals surface area contributed by atoms with E-state index in [4.69, 9.17) is 9.97 Å². The van der Waals surface area contributed by atoms with Gasteiger partial charge < -0.3 is 0 Å². The van der Waals surface area contributed by atoms with Crippen LogP contribution in [0.15, 0.2) is 59.5 Å². The molecule has 0 spiro atoms. The summed E-state index contributed by atoms with van der Waals surface area (Å²) in [6.07, 6.45) is 1.68. The molecule has 0 atom stereocenters. The fourth-order valence-corrected chi connectivity index (χ4v) is 3.84. The van der Waals surface area contributed by atoms with Crippen molar-refractivity contribution in [1.82, 2.24) is 15.0 Å². The predicted octanol–water partition coefficient (Wildman–Crippen LogP) is 3.87. The molecule has 0 radical (unpaired) electrons. The number of nitrogens with zero attached hydrogens (tertiary/aromatic N) is 3. The standard InChI is InChI=1S/C20H9N3O/c24-20-17-12(9-21-20)15-10-5-1-3-7-13(10)22-18(15)19-16(17)11-6-2-4-8-14(11)23-19/h1-9H. The second-order valence-electron chi connectivity index (χ2n) is 6.06. The maximum Gasteiger partial charge on any atom is 0.278 e. The number of aromatic nitrogens is 3. The van der Waals surface area contributed by atoms with Gasteiger partial charge in [0.05, 0.1) is 27.5 Å². The van der Waals surface area contributed by atoms with E-state index in [2.05, 4.69) is 4.98 Å². The van der Waals surface area contributed by atoms with Crippen LogP contribution in [0.1, 0.15) is 0 Å². The molecule has 0 aliphatic heterocycles. The normalized spacial score (nSPS) is 12.3. The molecule has 4 nitrogen and oxygen atoms in total. The summed E-state index contributed by atoms with van der Waals surface area (Å²) in [7, 11) is 0. The van der Waals surface area contributed by atoms with E-state index in [1.54, 1.807) is 6.20 Å². The van der Waals surface area contributed by atoms with Crippen LogP contribution in [0.25, 0.3) is 54.4 Å². The molecule has 3 aromatic carbocycles. The Morgan fingerprint density at radius 2 is 1.21 bits per heavy atom. The number of fused-ring (bicyclic) bond motifs is 10. The Morgan fingerprint density at radius 1 is 0.625 bits per heavy atom. The summed E-state index contributed by atoms with van der Waals surface area (Å²) in [5.41, 5.74) is 3.25. The van der Waals surface area contributed by atoms with Gasteiger partial charge in [-0.1, -0.05) is 36.4 Å². The fourth-order valence-electron chi connectivity index (χ4n) is 3.84. The second kappa shape index (κ2) is 3.92. The van der Waals surface area contributed by atoms with Crippen molar-refractivity contribution in [2.75, 3.05) is 0 Å². The van der Waals surface area contributed by atoms with Gasteiger partial charge in [-0.25, -0.2) is 15.0 Å². The minimum Gasteiger partial charge on any atom is -0.267 e. The van der Waals surface area contributed by atoms with Crippen LogP contribution in [0.4, 0.5) is 0 Å². The molecule has 0 aliphatic carbocycles. The Bertz CT molecular complexity index is 1470. The Labute approximate surface area is 135 Å². The largest absolute Gasteiger partial charge is 0.278 e. The molecule has 0 N–H and O–H groups in total. The summed E-state index contributed by atoms with van der Waals surface area (Å²) in [5, 5.41) is 5.40. The highest BCUT2D eigenvalue weighted by Gasteiger charge is 2.21. The number of hydrogen-bond acceptors (Lipinski definition) is 4. The zero-order chi connectivity index (χ0) is 15.8. The summed E-state index contributed by atoms with van der Waals surface area (Å²) in [6, 6.07) is 15.9. The SMILES string of the molecule is O=c1ncc2c1c1c3ccccc3nc1c1nc3ccccc3c21. The van der Waals surface area contributed by atoms with Crippen LogP contribution in [0.2, 0.25) is 0 Å². The molecular formula is C20H9N3O. The Balaban J connectivity index is 2.10. The van der Waals surface area contributed by atoms with E-state index in [0.29, 0.717) is 5.39 Å². The van der Waals surface area contributed by atoms with E-state index in [9.17, 15) is 4.79 Å². The van der Waals surface area contributed by atoms with Crippen LogP contribution in [0.3, 0.4) is 0 Å². The lowest BCUT2D eigenvalue weighted by Gasteiger charge is -1.97. The molecule has 3 heterocycles. The van der Waals surface area contributed by atoms with Gasteiger partial charge in [-0.15, -0.1) is 0 Å². The van der Waals surface area contributed by atoms with Gasteiger partial charge in [-0.05, 0) is 12.1 Å². The quantitative estimate of drug-likeness (QED) is 0.427. The number of rotatable bonds is 0. The van der Waals surface area contributed by atoms with Crippen molar-refractivity contribution in [2.45, 2.75) is 0 Å². The summed E-state index contributed by atoms with van der Waals surface area (Å²) >= 11 is 0. The van der Waals surface area contributed by atoms with E-state index in [1.807, 2.05) is 48.5 Å². The zero-order valence-electron chi connectivity index (χ0n) is 12.4. The lowest BCUT2D eigenvalue weighted by Crippen LogP contribution is -1.97. The van der Waals surface area contributed by atoms with E-state index < -0.39 is 0 Å². The van der Waals surface area contributed by atoms with Crippen LogP contribution < -0.4 is 5.56 Å². The maximum atomic E-state index is 12.5. The van der Waals surface area contributed by atoms with Crippen LogP contribution in [-0.2, 0) is 0 Å². The first-order valence-corrected chi connectivity index (χ1v) is 7.77. The van der Waals surface area contributed by atoms with Gasteiger partial charge in [0.1, 0.15) is 0 Å². The summed E-state index contributed by atoms with van der Waals surface area (Å²) < 4.78 is 0. The van der Waals surface area contributed by atoms with E-state index >= 15 is 0 Å². The number of benzene rings is 3. The molecule has 4 heteroatoms. The lowest BCUT2D eigenvalue weighted by atomic mass is 10.0. The molecule has 0 amide bonds. The second-order valence-corrected chi connectivity index (χ2v) is 6.06. The van der Waals surface area contributed by atoms with Crippen LogP contribution in [0.5, 0.6) is 0 Å². The van der Waals surface area contributed by atoms with Crippen molar-refractivity contribution >= 4 is 54.4 Å². The van der Waals surface area contributed by atoms with Gasteiger partial charge in [0, 0.05) is 33.1 Å². The summed E-state index contributed by atoms with van der Waals surface area (Å²) in [4.78, 5) is 26.1. The van der Waals surface area contributed by atoms with Crippen molar-refractivity contribution in [3.05, 3.63) is 65.1 Å². The van der Waals surface area contributed by atoms with Gasteiger partial charge in [0.25, 0.3) is 5.56 Å². The molecule has 6 rings (SSSR count). The van der Waals surface area contributed by atoms with Gasteiger partial charge in [-0.2, -0.15) is 0 Å². The molecule has 0 unspecified atom stereocenters. The average Bonchev–Trinajstić information content (AvgIpc) is 3.27. The molecule has 0 bridgehead atoms. The topological polar surface area (TPSA) is 55.7 Å². The van der Waals surface area contributed by atoms with Crippen LogP contribution in [-0.4, -0.2) is 15.0 Å². The minimum atomic E-state index is -0.194. The molecular weight excluding hydrogens is 298 g/mol. The monoisotopic (exact) mass is 307 g/mol. The van der Waals surface area contributed by atoms with Crippen LogP contribution in [0, 0.1) is 0 Å². The average molecular weight is 307 g/mol. The van der Waals surface area contributed by atoms with E-state index in [1.165, 1.54) is 0 Å². The smallest absolute Gasteiger partial charge is 0.267 e. The molecule has 0 fully saturated rings. The Kier molecular flexibility index (Phi) is 1.97. The number of para-hydroxylation sites is 2. The zero-order valence-corrected chi connectivity index (χ0v) is 12.4. The Hall–Kier alpha value is -3.40. The highest BCUT2D eigenvalue weighted by molar-refractivity contribution is 6.35. The van der Waals surface area contributed by atoms with Gasteiger partial charge >= 0.3 is 0 Å². The van der Waals surface area contributed by atoms with Crippen molar-refractivity contribution in [3.8, 4) is 0 Å². The fraction of sp³-hybridized carbons (Fsp3) is 0. The van der Waals surface area contributed by atoms with E-state index in [0.717, 1.165) is 49.0 Å². The molecule has 3 aromatic heterocycles.